The van der Waals surface area contributed by atoms with Crippen LogP contribution in [-0.4, -0.2) is 53.2 Å². The SMILES string of the molecule is CC.O=C(NCCCCCN1CC(C(=O)O)C1)c1cc(-c2cccs2)on1. The molecule has 2 aromatic heterocycles. The summed E-state index contributed by atoms with van der Waals surface area (Å²) in [6.07, 6.45) is 2.89. The van der Waals surface area contributed by atoms with Crippen LogP contribution < -0.4 is 5.32 Å². The average Bonchev–Trinajstić information content (AvgIpc) is 3.31. The summed E-state index contributed by atoms with van der Waals surface area (Å²) in [4.78, 5) is 25.8. The van der Waals surface area contributed by atoms with Crippen LogP contribution in [0.3, 0.4) is 0 Å². The summed E-state index contributed by atoms with van der Waals surface area (Å²) in [6.45, 7) is 6.83. The molecule has 0 radical (unpaired) electrons. The first-order valence-corrected chi connectivity index (χ1v) is 10.3. The highest BCUT2D eigenvalue weighted by molar-refractivity contribution is 7.13. The van der Waals surface area contributed by atoms with E-state index < -0.39 is 5.97 Å². The molecule has 1 aliphatic rings. The van der Waals surface area contributed by atoms with Crippen molar-refractivity contribution in [3.8, 4) is 10.6 Å². The number of thiophene rings is 1. The highest BCUT2D eigenvalue weighted by Crippen LogP contribution is 2.25. The standard InChI is InChI=1S/C17H21N3O4S.C2H6/c21-16(13-9-14(24-19-13)15-5-4-8-25-15)18-6-2-1-3-7-20-10-12(11-20)17(22)23;1-2/h4-5,8-9,12H,1-3,6-7,10-11H2,(H,18,21)(H,22,23);1-2H3. The van der Waals surface area contributed by atoms with Gasteiger partial charge in [-0.3, -0.25) is 9.59 Å². The van der Waals surface area contributed by atoms with Crippen LogP contribution in [0, 0.1) is 5.92 Å². The van der Waals surface area contributed by atoms with E-state index in [2.05, 4.69) is 15.4 Å². The molecule has 0 aromatic carbocycles. The minimum Gasteiger partial charge on any atom is -0.481 e. The molecule has 3 rings (SSSR count). The third-order valence-electron chi connectivity index (χ3n) is 4.25. The molecule has 2 aromatic rings. The Hall–Kier alpha value is -2.19. The lowest BCUT2D eigenvalue weighted by molar-refractivity contribution is -0.147. The molecule has 0 aliphatic carbocycles. The summed E-state index contributed by atoms with van der Waals surface area (Å²) in [5, 5.41) is 17.4. The first kappa shape index (κ1) is 21.1. The summed E-state index contributed by atoms with van der Waals surface area (Å²) in [5.74, 6) is -0.511. The molecule has 148 valence electrons. The monoisotopic (exact) mass is 393 g/mol. The Morgan fingerprint density at radius 2 is 2.11 bits per heavy atom. The molecule has 0 bridgehead atoms. The highest BCUT2D eigenvalue weighted by atomic mass is 32.1. The summed E-state index contributed by atoms with van der Waals surface area (Å²) >= 11 is 1.54. The predicted octanol–water partition coefficient (Wildman–Crippen LogP) is 3.35. The van der Waals surface area contributed by atoms with Crippen LogP contribution in [0.5, 0.6) is 0 Å². The van der Waals surface area contributed by atoms with Gasteiger partial charge in [0, 0.05) is 25.7 Å². The van der Waals surface area contributed by atoms with Crippen LogP contribution in [0.15, 0.2) is 28.1 Å². The highest BCUT2D eigenvalue weighted by Gasteiger charge is 2.31. The average molecular weight is 394 g/mol. The number of carboxylic acids is 1. The zero-order valence-electron chi connectivity index (χ0n) is 15.8. The number of likely N-dealkylation sites (tertiary alicyclic amines) is 1. The number of nitrogens with zero attached hydrogens (tertiary/aromatic N) is 2. The number of carbonyl (C=O) groups is 2. The van der Waals surface area contributed by atoms with Gasteiger partial charge in [0.1, 0.15) is 0 Å². The van der Waals surface area contributed by atoms with E-state index >= 15 is 0 Å². The Morgan fingerprint density at radius 1 is 1.33 bits per heavy atom. The number of nitrogens with one attached hydrogen (secondary N) is 1. The van der Waals surface area contributed by atoms with Crippen LogP contribution in [0.4, 0.5) is 0 Å². The van der Waals surface area contributed by atoms with Gasteiger partial charge in [-0.1, -0.05) is 31.5 Å². The van der Waals surface area contributed by atoms with Crippen molar-refractivity contribution < 1.29 is 19.2 Å². The number of unbranched alkanes of at least 4 members (excludes halogenated alkanes) is 2. The molecule has 0 saturated carbocycles. The van der Waals surface area contributed by atoms with Crippen molar-refractivity contribution >= 4 is 23.2 Å². The molecule has 7 nitrogen and oxygen atoms in total. The number of hydrogen-bond donors (Lipinski definition) is 2. The summed E-state index contributed by atoms with van der Waals surface area (Å²) in [7, 11) is 0. The van der Waals surface area contributed by atoms with Gasteiger partial charge < -0.3 is 19.8 Å². The molecular formula is C19H27N3O4S. The molecule has 3 heterocycles. The molecule has 0 spiro atoms. The zero-order valence-corrected chi connectivity index (χ0v) is 16.6. The third-order valence-corrected chi connectivity index (χ3v) is 5.13. The minimum atomic E-state index is -0.700. The van der Waals surface area contributed by atoms with E-state index in [1.54, 1.807) is 6.07 Å². The van der Waals surface area contributed by atoms with E-state index in [1.165, 1.54) is 11.3 Å². The number of aromatic nitrogens is 1. The maximum atomic E-state index is 12.0. The van der Waals surface area contributed by atoms with Crippen LogP contribution in [0.25, 0.3) is 10.6 Å². The molecule has 0 atom stereocenters. The van der Waals surface area contributed by atoms with Crippen molar-refractivity contribution in [3.05, 3.63) is 29.3 Å². The van der Waals surface area contributed by atoms with Gasteiger partial charge in [-0.25, -0.2) is 0 Å². The van der Waals surface area contributed by atoms with Crippen LogP contribution in [0.2, 0.25) is 0 Å². The van der Waals surface area contributed by atoms with E-state index in [0.717, 1.165) is 30.7 Å². The van der Waals surface area contributed by atoms with Crippen molar-refractivity contribution in [2.75, 3.05) is 26.2 Å². The van der Waals surface area contributed by atoms with Gasteiger partial charge in [0.2, 0.25) is 0 Å². The second-order valence-electron chi connectivity index (χ2n) is 6.17. The molecule has 1 aliphatic heterocycles. The molecular weight excluding hydrogens is 366 g/mol. The van der Waals surface area contributed by atoms with E-state index in [4.69, 9.17) is 9.63 Å². The van der Waals surface area contributed by atoms with Crippen molar-refractivity contribution in [3.63, 3.8) is 0 Å². The molecule has 1 amide bonds. The largest absolute Gasteiger partial charge is 0.481 e. The van der Waals surface area contributed by atoms with E-state index in [1.807, 2.05) is 31.4 Å². The number of aliphatic carboxylic acids is 1. The van der Waals surface area contributed by atoms with E-state index in [9.17, 15) is 9.59 Å². The first-order chi connectivity index (χ1) is 13.1. The fourth-order valence-electron chi connectivity index (χ4n) is 2.76. The lowest BCUT2D eigenvalue weighted by Crippen LogP contribution is -2.50. The summed E-state index contributed by atoms with van der Waals surface area (Å²) in [5.41, 5.74) is 0.295. The van der Waals surface area contributed by atoms with Crippen molar-refractivity contribution in [1.29, 1.82) is 0 Å². The molecule has 2 N–H and O–H groups in total. The van der Waals surface area contributed by atoms with Gasteiger partial charge in [0.15, 0.2) is 11.5 Å². The summed E-state index contributed by atoms with van der Waals surface area (Å²) < 4.78 is 5.20. The Balaban J connectivity index is 0.00000126. The zero-order chi connectivity index (χ0) is 19.6. The summed E-state index contributed by atoms with van der Waals surface area (Å²) in [6, 6.07) is 5.50. The quantitative estimate of drug-likeness (QED) is 0.635. The molecule has 1 fully saturated rings. The van der Waals surface area contributed by atoms with Gasteiger partial charge in [-0.05, 0) is 30.8 Å². The minimum absolute atomic E-state index is 0.194. The maximum Gasteiger partial charge on any atom is 0.309 e. The molecule has 8 heteroatoms. The van der Waals surface area contributed by atoms with Crippen molar-refractivity contribution in [2.45, 2.75) is 33.1 Å². The number of carboxylic acid groups (broad SMARTS) is 1. The molecule has 1 saturated heterocycles. The van der Waals surface area contributed by atoms with Gasteiger partial charge in [-0.2, -0.15) is 0 Å². The normalized spacial score (nSPS) is 14.1. The number of rotatable bonds is 9. The fraction of sp³-hybridized carbons (Fsp3) is 0.526. The Morgan fingerprint density at radius 3 is 2.78 bits per heavy atom. The van der Waals surface area contributed by atoms with Crippen LogP contribution in [0.1, 0.15) is 43.6 Å². The number of amides is 1. The number of carbonyl (C=O) groups excluding carboxylic acids is 1. The second kappa shape index (κ2) is 10.8. The van der Waals surface area contributed by atoms with Gasteiger partial charge in [0.25, 0.3) is 5.91 Å². The van der Waals surface area contributed by atoms with E-state index in [-0.39, 0.29) is 11.8 Å². The molecule has 0 unspecified atom stereocenters. The lowest BCUT2D eigenvalue weighted by atomic mass is 10.00. The first-order valence-electron chi connectivity index (χ1n) is 9.37. The fourth-order valence-corrected chi connectivity index (χ4v) is 3.43. The Bertz CT molecular complexity index is 708. The van der Waals surface area contributed by atoms with Gasteiger partial charge >= 0.3 is 5.97 Å². The third kappa shape index (κ3) is 6.18. The maximum absolute atomic E-state index is 12.0. The molecule has 27 heavy (non-hydrogen) atoms. The van der Waals surface area contributed by atoms with E-state index in [0.29, 0.717) is 31.1 Å². The predicted molar refractivity (Wildman–Crippen MR) is 105 cm³/mol. The van der Waals surface area contributed by atoms with Crippen molar-refractivity contribution in [2.24, 2.45) is 5.92 Å². The Labute approximate surface area is 163 Å². The Kier molecular flexibility index (Phi) is 8.47. The van der Waals surface area contributed by atoms with Gasteiger partial charge in [0.05, 0.1) is 10.8 Å². The topological polar surface area (TPSA) is 95.7 Å². The lowest BCUT2D eigenvalue weighted by Gasteiger charge is -2.36. The van der Waals surface area contributed by atoms with Crippen molar-refractivity contribution in [1.82, 2.24) is 15.4 Å². The van der Waals surface area contributed by atoms with Crippen LogP contribution in [-0.2, 0) is 4.79 Å². The smallest absolute Gasteiger partial charge is 0.309 e. The second-order valence-corrected chi connectivity index (χ2v) is 7.11. The number of hydrogen-bond acceptors (Lipinski definition) is 6. The van der Waals surface area contributed by atoms with Crippen LogP contribution >= 0.6 is 11.3 Å². The van der Waals surface area contributed by atoms with Gasteiger partial charge in [-0.15, -0.1) is 11.3 Å².